The highest BCUT2D eigenvalue weighted by Crippen LogP contribution is 2.39. The molecule has 0 bridgehead atoms. The van der Waals surface area contributed by atoms with E-state index in [4.69, 9.17) is 5.73 Å². The van der Waals surface area contributed by atoms with Gasteiger partial charge in [0.2, 0.25) is 5.82 Å². The quantitative estimate of drug-likeness (QED) is 0.742. The van der Waals surface area contributed by atoms with E-state index in [0.717, 1.165) is 28.6 Å². The molecule has 2 N–H and O–H groups in total. The van der Waals surface area contributed by atoms with Crippen molar-refractivity contribution in [3.63, 3.8) is 0 Å². The Kier molecular flexibility index (Phi) is 2.47. The van der Waals surface area contributed by atoms with Gasteiger partial charge in [-0.15, -0.1) is 11.3 Å². The summed E-state index contributed by atoms with van der Waals surface area (Å²) < 4.78 is 0. The zero-order chi connectivity index (χ0) is 13.7. The SMILES string of the molecule is Cc1cnc(-c2nc(N)c3c4c(sc3n2)CCC4)nc1. The van der Waals surface area contributed by atoms with Crippen molar-refractivity contribution in [2.24, 2.45) is 0 Å². The van der Waals surface area contributed by atoms with Crippen molar-refractivity contribution >= 4 is 27.4 Å². The first-order valence-electron chi connectivity index (χ1n) is 6.59. The molecule has 4 rings (SSSR count). The van der Waals surface area contributed by atoms with Crippen molar-refractivity contribution < 1.29 is 0 Å². The van der Waals surface area contributed by atoms with Crippen LogP contribution in [0.25, 0.3) is 21.9 Å². The number of thiophene rings is 1. The number of hydrogen-bond donors (Lipinski definition) is 1. The third kappa shape index (κ3) is 1.68. The molecule has 0 saturated carbocycles. The average Bonchev–Trinajstić information content (AvgIpc) is 2.99. The molecule has 1 aliphatic rings. The summed E-state index contributed by atoms with van der Waals surface area (Å²) in [5.74, 6) is 1.58. The normalized spacial score (nSPS) is 13.8. The Morgan fingerprint density at radius 1 is 1.10 bits per heavy atom. The zero-order valence-electron chi connectivity index (χ0n) is 11.1. The summed E-state index contributed by atoms with van der Waals surface area (Å²) in [6, 6.07) is 0. The minimum atomic E-state index is 0.509. The van der Waals surface area contributed by atoms with E-state index in [1.54, 1.807) is 23.7 Å². The van der Waals surface area contributed by atoms with Crippen LogP contribution < -0.4 is 5.73 Å². The second-order valence-corrected chi connectivity index (χ2v) is 6.14. The molecule has 0 radical (unpaired) electrons. The van der Waals surface area contributed by atoms with Gasteiger partial charge < -0.3 is 5.73 Å². The Bertz CT molecular complexity index is 807. The number of fused-ring (bicyclic) bond motifs is 3. The van der Waals surface area contributed by atoms with Crippen molar-refractivity contribution in [3.8, 4) is 11.6 Å². The predicted octanol–water partition coefficient (Wildman–Crippen LogP) is 2.53. The van der Waals surface area contributed by atoms with Gasteiger partial charge in [0.15, 0.2) is 5.82 Å². The molecule has 20 heavy (non-hydrogen) atoms. The fraction of sp³-hybridized carbons (Fsp3) is 0.286. The molecule has 3 aromatic rings. The van der Waals surface area contributed by atoms with Gasteiger partial charge in [0.25, 0.3) is 0 Å². The molecule has 5 nitrogen and oxygen atoms in total. The van der Waals surface area contributed by atoms with Gasteiger partial charge in [-0.3, -0.25) is 0 Å². The number of nitrogens with two attached hydrogens (primary N) is 1. The summed E-state index contributed by atoms with van der Waals surface area (Å²) in [7, 11) is 0. The predicted molar refractivity (Wildman–Crippen MR) is 79.6 cm³/mol. The highest BCUT2D eigenvalue weighted by Gasteiger charge is 2.22. The first-order chi connectivity index (χ1) is 9.72. The highest BCUT2D eigenvalue weighted by atomic mass is 32.1. The lowest BCUT2D eigenvalue weighted by molar-refractivity contribution is 0.917. The maximum Gasteiger partial charge on any atom is 0.201 e. The number of hydrogen-bond acceptors (Lipinski definition) is 6. The van der Waals surface area contributed by atoms with Gasteiger partial charge in [0.1, 0.15) is 10.6 Å². The number of anilines is 1. The van der Waals surface area contributed by atoms with Gasteiger partial charge in [0, 0.05) is 17.3 Å². The molecule has 3 heterocycles. The van der Waals surface area contributed by atoms with Crippen LogP contribution in [0.1, 0.15) is 22.4 Å². The first kappa shape index (κ1) is 11.7. The molecule has 0 atom stereocenters. The number of aromatic nitrogens is 4. The van der Waals surface area contributed by atoms with E-state index in [1.807, 2.05) is 6.92 Å². The summed E-state index contributed by atoms with van der Waals surface area (Å²) in [6.07, 6.45) is 6.95. The van der Waals surface area contributed by atoms with Gasteiger partial charge in [-0.2, -0.15) is 0 Å². The van der Waals surface area contributed by atoms with Crippen LogP contribution in [0.2, 0.25) is 0 Å². The monoisotopic (exact) mass is 283 g/mol. The van der Waals surface area contributed by atoms with E-state index in [0.29, 0.717) is 17.5 Å². The van der Waals surface area contributed by atoms with E-state index in [9.17, 15) is 0 Å². The minimum Gasteiger partial charge on any atom is -0.383 e. The Morgan fingerprint density at radius 2 is 1.90 bits per heavy atom. The van der Waals surface area contributed by atoms with E-state index < -0.39 is 0 Å². The lowest BCUT2D eigenvalue weighted by Gasteiger charge is -2.03. The molecule has 0 aromatic carbocycles. The van der Waals surface area contributed by atoms with Crippen molar-refractivity contribution in [1.29, 1.82) is 0 Å². The lowest BCUT2D eigenvalue weighted by Crippen LogP contribution is -2.00. The number of aryl methyl sites for hydroxylation is 3. The number of rotatable bonds is 1. The Labute approximate surface area is 119 Å². The molecular formula is C14H13N5S. The molecule has 0 aliphatic heterocycles. The van der Waals surface area contributed by atoms with Crippen LogP contribution in [0, 0.1) is 6.92 Å². The standard InChI is InChI=1S/C14H13N5S/c1-7-5-16-12(17-6-7)13-18-11(15)10-8-3-2-4-9(8)20-14(10)19-13/h5-6H,2-4H2,1H3,(H2,15,18,19). The lowest BCUT2D eigenvalue weighted by atomic mass is 10.2. The summed E-state index contributed by atoms with van der Waals surface area (Å²) >= 11 is 1.73. The van der Waals surface area contributed by atoms with Crippen molar-refractivity contribution in [1.82, 2.24) is 19.9 Å². The summed E-state index contributed by atoms with van der Waals surface area (Å²) in [5.41, 5.74) is 8.50. The Morgan fingerprint density at radius 3 is 2.70 bits per heavy atom. The maximum absolute atomic E-state index is 6.14. The Balaban J connectivity index is 1.92. The average molecular weight is 283 g/mol. The van der Waals surface area contributed by atoms with Crippen molar-refractivity contribution in [2.75, 3.05) is 5.73 Å². The largest absolute Gasteiger partial charge is 0.383 e. The molecule has 0 unspecified atom stereocenters. The van der Waals surface area contributed by atoms with Crippen LogP contribution in [0.15, 0.2) is 12.4 Å². The van der Waals surface area contributed by atoms with Crippen LogP contribution in [-0.4, -0.2) is 19.9 Å². The number of nitrogen functional groups attached to an aromatic ring is 1. The highest BCUT2D eigenvalue weighted by molar-refractivity contribution is 7.19. The Hall–Kier alpha value is -2.08. The van der Waals surface area contributed by atoms with E-state index in [2.05, 4.69) is 19.9 Å². The number of nitrogens with zero attached hydrogens (tertiary/aromatic N) is 4. The van der Waals surface area contributed by atoms with Gasteiger partial charge in [0.05, 0.1) is 5.39 Å². The third-order valence-electron chi connectivity index (χ3n) is 3.57. The minimum absolute atomic E-state index is 0.509. The van der Waals surface area contributed by atoms with Crippen LogP contribution in [0.5, 0.6) is 0 Å². The first-order valence-corrected chi connectivity index (χ1v) is 7.41. The van der Waals surface area contributed by atoms with Crippen LogP contribution in [0.3, 0.4) is 0 Å². The smallest absolute Gasteiger partial charge is 0.201 e. The van der Waals surface area contributed by atoms with Crippen LogP contribution >= 0.6 is 11.3 Å². The van der Waals surface area contributed by atoms with Crippen LogP contribution in [0.4, 0.5) is 5.82 Å². The fourth-order valence-electron chi connectivity index (χ4n) is 2.63. The molecule has 1 aliphatic carbocycles. The fourth-order valence-corrected chi connectivity index (χ4v) is 3.90. The molecule has 3 aromatic heterocycles. The second kappa shape index (κ2) is 4.21. The molecule has 100 valence electrons. The second-order valence-electron chi connectivity index (χ2n) is 5.05. The van der Waals surface area contributed by atoms with E-state index in [1.165, 1.54) is 16.9 Å². The molecule has 0 fully saturated rings. The van der Waals surface area contributed by atoms with Gasteiger partial charge >= 0.3 is 0 Å². The topological polar surface area (TPSA) is 77.6 Å². The summed E-state index contributed by atoms with van der Waals surface area (Å²) in [4.78, 5) is 19.9. The van der Waals surface area contributed by atoms with Crippen LogP contribution in [-0.2, 0) is 12.8 Å². The van der Waals surface area contributed by atoms with Crippen molar-refractivity contribution in [3.05, 3.63) is 28.4 Å². The van der Waals surface area contributed by atoms with Crippen molar-refractivity contribution in [2.45, 2.75) is 26.2 Å². The van der Waals surface area contributed by atoms with E-state index in [-0.39, 0.29) is 0 Å². The summed E-state index contributed by atoms with van der Waals surface area (Å²) in [5, 5.41) is 1.04. The molecule has 0 saturated heterocycles. The maximum atomic E-state index is 6.14. The summed E-state index contributed by atoms with van der Waals surface area (Å²) in [6.45, 7) is 1.95. The van der Waals surface area contributed by atoms with Gasteiger partial charge in [-0.25, -0.2) is 19.9 Å². The molecule has 0 amide bonds. The third-order valence-corrected chi connectivity index (χ3v) is 4.76. The van der Waals surface area contributed by atoms with E-state index >= 15 is 0 Å². The molecular weight excluding hydrogens is 270 g/mol. The molecule has 0 spiro atoms. The zero-order valence-corrected chi connectivity index (χ0v) is 11.9. The molecule has 6 heteroatoms. The van der Waals surface area contributed by atoms with Gasteiger partial charge in [-0.1, -0.05) is 0 Å². The van der Waals surface area contributed by atoms with Gasteiger partial charge in [-0.05, 0) is 37.3 Å².